The van der Waals surface area contributed by atoms with Crippen molar-refractivity contribution in [3.05, 3.63) is 65.0 Å². The summed E-state index contributed by atoms with van der Waals surface area (Å²) in [5.74, 6) is -1.45. The SMILES string of the molecule is COc1cc2nc(C)nc(N[C@@H](C)c3cccc(C(F)(F)CO)c3)c2cc1C1=CCN(C(C)=O)CC1. The Labute approximate surface area is 208 Å². The highest BCUT2D eigenvalue weighted by atomic mass is 19.3. The summed E-state index contributed by atoms with van der Waals surface area (Å²) in [6.45, 7) is 5.13. The molecule has 7 nitrogen and oxygen atoms in total. The lowest BCUT2D eigenvalue weighted by molar-refractivity contribution is -0.128. The topological polar surface area (TPSA) is 87.6 Å². The molecule has 1 atom stereocenters. The molecule has 0 saturated carbocycles. The summed E-state index contributed by atoms with van der Waals surface area (Å²) in [4.78, 5) is 22.7. The summed E-state index contributed by atoms with van der Waals surface area (Å²) < 4.78 is 33.8. The predicted molar refractivity (Wildman–Crippen MR) is 135 cm³/mol. The zero-order valence-electron chi connectivity index (χ0n) is 20.8. The number of aromatic nitrogens is 2. The average molecular weight is 497 g/mol. The van der Waals surface area contributed by atoms with E-state index in [1.54, 1.807) is 38.0 Å². The lowest BCUT2D eigenvalue weighted by Crippen LogP contribution is -2.32. The van der Waals surface area contributed by atoms with Gasteiger partial charge in [0.1, 0.15) is 24.0 Å². The molecule has 1 amide bonds. The van der Waals surface area contributed by atoms with Crippen molar-refractivity contribution in [1.82, 2.24) is 14.9 Å². The summed E-state index contributed by atoms with van der Waals surface area (Å²) in [7, 11) is 1.61. The van der Waals surface area contributed by atoms with Crippen LogP contribution >= 0.6 is 0 Å². The Morgan fingerprint density at radius 1 is 1.28 bits per heavy atom. The maximum Gasteiger partial charge on any atom is 0.295 e. The number of alkyl halides is 2. The summed E-state index contributed by atoms with van der Waals surface area (Å²) in [5.41, 5.74) is 3.07. The number of aliphatic hydroxyl groups excluding tert-OH is 1. The van der Waals surface area contributed by atoms with Crippen LogP contribution in [0.25, 0.3) is 16.5 Å². The second kappa shape index (κ2) is 10.2. The van der Waals surface area contributed by atoms with Gasteiger partial charge in [0, 0.05) is 48.6 Å². The Morgan fingerprint density at radius 3 is 2.69 bits per heavy atom. The van der Waals surface area contributed by atoms with Crippen LogP contribution in [-0.2, 0) is 10.7 Å². The summed E-state index contributed by atoms with van der Waals surface area (Å²) in [6.07, 6.45) is 2.73. The monoisotopic (exact) mass is 496 g/mol. The fourth-order valence-corrected chi connectivity index (χ4v) is 4.42. The highest BCUT2D eigenvalue weighted by Crippen LogP contribution is 2.37. The van der Waals surface area contributed by atoms with E-state index in [1.807, 2.05) is 25.1 Å². The standard InChI is InChI=1S/C27H30F2N4O3/c1-16(20-6-5-7-21(12-20)27(28,29)15-34)30-26-23-13-22(19-8-10-33(11-9-19)18(3)35)25(36-4)14-24(23)31-17(2)32-26/h5-8,12-14,16,34H,9-11,15H2,1-4H3,(H,30,31,32)/t16-/m0/s1. The van der Waals surface area contributed by atoms with E-state index in [4.69, 9.17) is 9.84 Å². The first kappa shape index (κ1) is 25.5. The van der Waals surface area contributed by atoms with Crippen molar-refractivity contribution in [1.29, 1.82) is 0 Å². The fourth-order valence-electron chi connectivity index (χ4n) is 4.42. The number of hydrogen-bond donors (Lipinski definition) is 2. The van der Waals surface area contributed by atoms with Gasteiger partial charge in [-0.1, -0.05) is 24.3 Å². The van der Waals surface area contributed by atoms with E-state index in [9.17, 15) is 13.6 Å². The molecule has 4 rings (SSSR count). The van der Waals surface area contributed by atoms with E-state index in [2.05, 4.69) is 15.3 Å². The molecular weight excluding hydrogens is 466 g/mol. The molecule has 36 heavy (non-hydrogen) atoms. The van der Waals surface area contributed by atoms with Crippen molar-refractivity contribution in [2.75, 3.05) is 32.1 Å². The number of benzene rings is 2. The number of carbonyl (C=O) groups excluding carboxylic acids is 1. The zero-order chi connectivity index (χ0) is 26.0. The van der Waals surface area contributed by atoms with E-state index in [0.717, 1.165) is 16.5 Å². The summed E-state index contributed by atoms with van der Waals surface area (Å²) in [6, 6.07) is 9.52. The number of aliphatic hydroxyl groups is 1. The Balaban J connectivity index is 1.72. The molecule has 0 aliphatic carbocycles. The van der Waals surface area contributed by atoms with Crippen LogP contribution in [0.15, 0.2) is 42.5 Å². The van der Waals surface area contributed by atoms with E-state index in [0.29, 0.717) is 48.0 Å². The third kappa shape index (κ3) is 5.16. The molecule has 2 aromatic carbocycles. The maximum atomic E-state index is 14.0. The van der Waals surface area contributed by atoms with Gasteiger partial charge in [0.05, 0.1) is 12.6 Å². The normalized spacial score (nSPS) is 15.0. The van der Waals surface area contributed by atoms with E-state index in [1.165, 1.54) is 12.1 Å². The largest absolute Gasteiger partial charge is 0.496 e. The minimum atomic E-state index is -3.31. The third-order valence-electron chi connectivity index (χ3n) is 6.49. The van der Waals surface area contributed by atoms with Gasteiger partial charge in [0.2, 0.25) is 5.91 Å². The number of aryl methyl sites for hydroxylation is 1. The Kier molecular flexibility index (Phi) is 7.21. The van der Waals surface area contributed by atoms with Gasteiger partial charge in [-0.2, -0.15) is 8.78 Å². The van der Waals surface area contributed by atoms with Crippen molar-refractivity contribution in [2.24, 2.45) is 0 Å². The van der Waals surface area contributed by atoms with E-state index < -0.39 is 12.5 Å². The molecule has 0 radical (unpaired) electrons. The molecule has 9 heteroatoms. The second-order valence-electron chi connectivity index (χ2n) is 8.99. The molecule has 2 heterocycles. The van der Waals surface area contributed by atoms with Crippen LogP contribution < -0.4 is 10.1 Å². The van der Waals surface area contributed by atoms with Crippen LogP contribution in [0.3, 0.4) is 0 Å². The van der Waals surface area contributed by atoms with Crippen LogP contribution in [-0.4, -0.2) is 52.7 Å². The van der Waals surface area contributed by atoms with Gasteiger partial charge in [-0.15, -0.1) is 0 Å². The first-order valence-corrected chi connectivity index (χ1v) is 11.8. The first-order chi connectivity index (χ1) is 17.1. The lowest BCUT2D eigenvalue weighted by Gasteiger charge is -2.26. The smallest absolute Gasteiger partial charge is 0.295 e. The Morgan fingerprint density at radius 2 is 2.06 bits per heavy atom. The number of halogens is 2. The van der Waals surface area contributed by atoms with Gasteiger partial charge < -0.3 is 20.1 Å². The van der Waals surface area contributed by atoms with E-state index in [-0.39, 0.29) is 17.5 Å². The minimum absolute atomic E-state index is 0.0425. The summed E-state index contributed by atoms with van der Waals surface area (Å²) >= 11 is 0. The van der Waals surface area contributed by atoms with Crippen molar-refractivity contribution >= 4 is 28.2 Å². The highest BCUT2D eigenvalue weighted by molar-refractivity contribution is 5.94. The lowest BCUT2D eigenvalue weighted by atomic mass is 9.96. The molecule has 0 fully saturated rings. The molecule has 0 unspecified atom stereocenters. The van der Waals surface area contributed by atoms with Gasteiger partial charge >= 0.3 is 0 Å². The average Bonchev–Trinajstić information content (AvgIpc) is 2.88. The molecule has 1 aliphatic rings. The number of nitrogens with zero attached hydrogens (tertiary/aromatic N) is 3. The third-order valence-corrected chi connectivity index (χ3v) is 6.49. The minimum Gasteiger partial charge on any atom is -0.496 e. The predicted octanol–water partition coefficient (Wildman–Crippen LogP) is 4.84. The molecule has 3 aromatic rings. The molecule has 1 aromatic heterocycles. The fraction of sp³-hybridized carbons (Fsp3) is 0.370. The van der Waals surface area contributed by atoms with Crippen molar-refractivity contribution in [3.63, 3.8) is 0 Å². The number of rotatable bonds is 7. The summed E-state index contributed by atoms with van der Waals surface area (Å²) in [5, 5.41) is 13.2. The molecule has 2 N–H and O–H groups in total. The molecular formula is C27H30F2N4O3. The van der Waals surface area contributed by atoms with Crippen LogP contribution in [0.2, 0.25) is 0 Å². The molecule has 0 saturated heterocycles. The Hall–Kier alpha value is -3.59. The van der Waals surface area contributed by atoms with Crippen LogP contribution in [0.4, 0.5) is 14.6 Å². The molecule has 190 valence electrons. The number of ether oxygens (including phenoxy) is 1. The van der Waals surface area contributed by atoms with Crippen molar-refractivity contribution in [3.8, 4) is 5.75 Å². The zero-order valence-corrected chi connectivity index (χ0v) is 20.8. The second-order valence-corrected chi connectivity index (χ2v) is 8.99. The number of hydrogen-bond acceptors (Lipinski definition) is 6. The first-order valence-electron chi connectivity index (χ1n) is 11.8. The molecule has 1 aliphatic heterocycles. The number of anilines is 1. The van der Waals surface area contributed by atoms with Crippen molar-refractivity contribution < 1.29 is 23.4 Å². The van der Waals surface area contributed by atoms with Crippen molar-refractivity contribution in [2.45, 2.75) is 39.2 Å². The number of methoxy groups -OCH3 is 1. The number of nitrogens with one attached hydrogen (secondary N) is 1. The van der Waals surface area contributed by atoms with Crippen LogP contribution in [0.1, 0.15) is 48.8 Å². The molecule has 0 spiro atoms. The number of carbonyl (C=O) groups is 1. The number of fused-ring (bicyclic) bond motifs is 1. The van der Waals surface area contributed by atoms with Gasteiger partial charge in [-0.3, -0.25) is 4.79 Å². The number of amides is 1. The van der Waals surface area contributed by atoms with Gasteiger partial charge in [-0.25, -0.2) is 9.97 Å². The van der Waals surface area contributed by atoms with Gasteiger partial charge in [-0.05, 0) is 43.5 Å². The quantitative estimate of drug-likeness (QED) is 0.487. The van der Waals surface area contributed by atoms with Crippen LogP contribution in [0.5, 0.6) is 5.75 Å². The van der Waals surface area contributed by atoms with E-state index >= 15 is 0 Å². The van der Waals surface area contributed by atoms with Gasteiger partial charge in [0.15, 0.2) is 0 Å². The maximum absolute atomic E-state index is 14.0. The highest BCUT2D eigenvalue weighted by Gasteiger charge is 2.31. The Bertz CT molecular complexity index is 1330. The van der Waals surface area contributed by atoms with Gasteiger partial charge in [0.25, 0.3) is 5.92 Å². The molecule has 0 bridgehead atoms. The van der Waals surface area contributed by atoms with Crippen LogP contribution in [0, 0.1) is 6.92 Å².